The number of carbonyl (C=O) groups excluding carboxylic acids is 1. The predicted molar refractivity (Wildman–Crippen MR) is 75.0 cm³/mol. The van der Waals surface area contributed by atoms with E-state index in [1.807, 2.05) is 0 Å². The van der Waals surface area contributed by atoms with Crippen LogP contribution in [0.3, 0.4) is 0 Å². The lowest BCUT2D eigenvalue weighted by atomic mass is 10.1. The van der Waals surface area contributed by atoms with Gasteiger partial charge in [0.05, 0.1) is 13.7 Å². The van der Waals surface area contributed by atoms with E-state index >= 15 is 0 Å². The fourth-order valence-electron chi connectivity index (χ4n) is 2.54. The Morgan fingerprint density at radius 1 is 1.13 bits per heavy atom. The summed E-state index contributed by atoms with van der Waals surface area (Å²) in [5.41, 5.74) is 0. The number of hydrogen-bond acceptors (Lipinski definition) is 6. The van der Waals surface area contributed by atoms with Gasteiger partial charge in [0.2, 0.25) is 0 Å². The van der Waals surface area contributed by atoms with E-state index in [2.05, 4.69) is 4.74 Å². The van der Waals surface area contributed by atoms with Crippen LogP contribution in [0.4, 0.5) is 8.78 Å². The number of alkyl halides is 2. The number of carbonyl (C=O) groups is 1. The lowest BCUT2D eigenvalue weighted by Crippen LogP contribution is -2.49. The third kappa shape index (κ3) is 5.34. The van der Waals surface area contributed by atoms with Crippen LogP contribution in [-0.4, -0.2) is 57.5 Å². The van der Waals surface area contributed by atoms with E-state index in [0.717, 1.165) is 32.8 Å². The average molecular weight is 338 g/mol. The van der Waals surface area contributed by atoms with Crippen molar-refractivity contribution in [3.63, 3.8) is 0 Å². The minimum atomic E-state index is -3.82. The van der Waals surface area contributed by atoms with E-state index in [9.17, 15) is 13.6 Å². The Hall–Kier alpha value is -0.830. The van der Waals surface area contributed by atoms with Crippen LogP contribution in [0, 0.1) is 0 Å². The predicted octanol–water partition coefficient (Wildman–Crippen LogP) is 2.25. The van der Waals surface area contributed by atoms with E-state index in [1.54, 1.807) is 0 Å². The van der Waals surface area contributed by atoms with Gasteiger partial charge >= 0.3 is 11.9 Å². The molecule has 0 radical (unpaired) electrons. The molecule has 0 spiro atoms. The van der Waals surface area contributed by atoms with Gasteiger partial charge in [0.1, 0.15) is 0 Å². The summed E-state index contributed by atoms with van der Waals surface area (Å²) in [6.07, 6.45) is 1.59. The van der Waals surface area contributed by atoms with Crippen LogP contribution in [-0.2, 0) is 28.5 Å². The molecule has 0 aliphatic carbocycles. The van der Waals surface area contributed by atoms with Crippen molar-refractivity contribution in [2.45, 2.75) is 63.1 Å². The third-order valence-corrected chi connectivity index (χ3v) is 3.89. The van der Waals surface area contributed by atoms with Crippen molar-refractivity contribution in [3.8, 4) is 0 Å². The summed E-state index contributed by atoms with van der Waals surface area (Å²) >= 11 is 0. The lowest BCUT2D eigenvalue weighted by molar-refractivity contribution is -0.266. The molecule has 0 N–H and O–H groups in total. The Bertz CT molecular complexity index is 367. The Morgan fingerprint density at radius 2 is 1.74 bits per heavy atom. The van der Waals surface area contributed by atoms with Crippen molar-refractivity contribution in [2.75, 3.05) is 26.9 Å². The summed E-state index contributed by atoms with van der Waals surface area (Å²) in [4.78, 5) is 11.4. The molecular weight excluding hydrogens is 314 g/mol. The number of esters is 1. The highest BCUT2D eigenvalue weighted by Gasteiger charge is 2.51. The highest BCUT2D eigenvalue weighted by molar-refractivity contribution is 5.78. The Kier molecular flexibility index (Phi) is 7.13. The van der Waals surface area contributed by atoms with Gasteiger partial charge in [-0.3, -0.25) is 0 Å². The molecule has 6 nitrogen and oxygen atoms in total. The second-order valence-corrected chi connectivity index (χ2v) is 5.66. The van der Waals surface area contributed by atoms with Crippen LogP contribution >= 0.6 is 0 Å². The molecular formula is C15H24F2O6. The van der Waals surface area contributed by atoms with Crippen LogP contribution in [0.1, 0.15) is 38.5 Å². The van der Waals surface area contributed by atoms with Gasteiger partial charge in [0, 0.05) is 13.2 Å². The molecule has 8 heteroatoms. The van der Waals surface area contributed by atoms with Crippen LogP contribution in [0.5, 0.6) is 0 Å². The molecule has 3 atom stereocenters. The number of methoxy groups -OCH3 is 1. The fraction of sp³-hybridized carbons (Fsp3) is 0.933. The summed E-state index contributed by atoms with van der Waals surface area (Å²) in [5, 5.41) is 0. The van der Waals surface area contributed by atoms with Crippen LogP contribution in [0.2, 0.25) is 0 Å². The molecule has 134 valence electrons. The zero-order valence-corrected chi connectivity index (χ0v) is 13.3. The van der Waals surface area contributed by atoms with Crippen molar-refractivity contribution in [3.05, 3.63) is 0 Å². The van der Waals surface area contributed by atoms with E-state index in [-0.39, 0.29) is 0 Å². The van der Waals surface area contributed by atoms with Crippen LogP contribution < -0.4 is 0 Å². The van der Waals surface area contributed by atoms with Gasteiger partial charge < -0.3 is 23.7 Å². The smallest absolute Gasteiger partial charge is 0.379 e. The molecule has 2 saturated heterocycles. The molecule has 23 heavy (non-hydrogen) atoms. The van der Waals surface area contributed by atoms with Crippen molar-refractivity contribution < 1.29 is 37.3 Å². The van der Waals surface area contributed by atoms with Crippen molar-refractivity contribution in [1.29, 1.82) is 0 Å². The maximum absolute atomic E-state index is 14.2. The summed E-state index contributed by atoms with van der Waals surface area (Å²) in [7, 11) is 0.912. The van der Waals surface area contributed by atoms with E-state index < -0.39 is 37.2 Å². The highest BCUT2D eigenvalue weighted by atomic mass is 19.3. The second-order valence-electron chi connectivity index (χ2n) is 5.66. The Balaban J connectivity index is 1.95. The molecule has 3 unspecified atom stereocenters. The van der Waals surface area contributed by atoms with Gasteiger partial charge in [-0.05, 0) is 38.5 Å². The maximum atomic E-state index is 14.2. The molecule has 0 aromatic rings. The van der Waals surface area contributed by atoms with Crippen molar-refractivity contribution in [2.24, 2.45) is 0 Å². The van der Waals surface area contributed by atoms with Gasteiger partial charge in [-0.2, -0.15) is 8.78 Å². The molecule has 2 aliphatic rings. The van der Waals surface area contributed by atoms with Gasteiger partial charge in [0.15, 0.2) is 18.7 Å². The first kappa shape index (κ1) is 18.5. The number of halogens is 2. The molecule has 2 aliphatic heterocycles. The van der Waals surface area contributed by atoms with Gasteiger partial charge in [-0.25, -0.2) is 4.79 Å². The SMILES string of the molecule is COC(=O)C(F)(F)C(COC1CCCCO1)OC1CCCCO1. The fourth-order valence-corrected chi connectivity index (χ4v) is 2.54. The first-order valence-electron chi connectivity index (χ1n) is 8.00. The molecule has 2 fully saturated rings. The zero-order valence-electron chi connectivity index (χ0n) is 13.3. The standard InChI is InChI=1S/C15H24F2O6/c1-19-14(18)15(16,17)11(23-13-7-3-5-9-21-13)10-22-12-6-2-4-8-20-12/h11-13H,2-10H2,1H3. The molecule has 2 rings (SSSR count). The van der Waals surface area contributed by atoms with Gasteiger partial charge in [-0.1, -0.05) is 0 Å². The number of ether oxygens (including phenoxy) is 5. The monoisotopic (exact) mass is 338 g/mol. The first-order valence-corrected chi connectivity index (χ1v) is 8.00. The largest absolute Gasteiger partial charge is 0.465 e. The van der Waals surface area contributed by atoms with Crippen LogP contribution in [0.15, 0.2) is 0 Å². The quantitative estimate of drug-likeness (QED) is 0.664. The Labute approximate surface area is 134 Å². The number of hydrogen-bond donors (Lipinski definition) is 0. The molecule has 0 aromatic carbocycles. The minimum Gasteiger partial charge on any atom is -0.465 e. The topological polar surface area (TPSA) is 63.2 Å². The average Bonchev–Trinajstić information content (AvgIpc) is 2.59. The van der Waals surface area contributed by atoms with Gasteiger partial charge in [0.25, 0.3) is 0 Å². The summed E-state index contributed by atoms with van der Waals surface area (Å²) in [6.45, 7) is 0.524. The third-order valence-electron chi connectivity index (χ3n) is 3.89. The molecule has 0 aromatic heterocycles. The second kappa shape index (κ2) is 8.86. The van der Waals surface area contributed by atoms with Gasteiger partial charge in [-0.15, -0.1) is 0 Å². The first-order chi connectivity index (χ1) is 11.0. The maximum Gasteiger partial charge on any atom is 0.379 e. The molecule has 0 bridgehead atoms. The van der Waals surface area contributed by atoms with Crippen molar-refractivity contribution >= 4 is 5.97 Å². The van der Waals surface area contributed by atoms with Crippen LogP contribution in [0.25, 0.3) is 0 Å². The molecule has 2 heterocycles. The summed E-state index contributed by atoms with van der Waals surface area (Å²) in [5.74, 6) is -5.46. The number of rotatable bonds is 7. The molecule has 0 amide bonds. The zero-order chi connectivity index (χ0) is 16.7. The van der Waals surface area contributed by atoms with Crippen molar-refractivity contribution in [1.82, 2.24) is 0 Å². The summed E-state index contributed by atoms with van der Waals surface area (Å²) in [6, 6.07) is 0. The minimum absolute atomic E-state index is 0.452. The lowest BCUT2D eigenvalue weighted by Gasteiger charge is -2.32. The molecule has 0 saturated carbocycles. The normalized spacial score (nSPS) is 27.4. The summed E-state index contributed by atoms with van der Waals surface area (Å²) < 4.78 is 54.0. The Morgan fingerprint density at radius 3 is 2.26 bits per heavy atom. The van der Waals surface area contributed by atoms with E-state index in [4.69, 9.17) is 18.9 Å². The van der Waals surface area contributed by atoms with E-state index in [0.29, 0.717) is 26.1 Å². The van der Waals surface area contributed by atoms with E-state index in [1.165, 1.54) is 0 Å². The highest BCUT2D eigenvalue weighted by Crippen LogP contribution is 2.28.